The molecule has 0 saturated heterocycles. The molecule has 196 valence electrons. The van der Waals surface area contributed by atoms with Gasteiger partial charge in [0.05, 0.1) is 31.4 Å². The number of carbonyl (C=O) groups is 1. The zero-order valence-electron chi connectivity index (χ0n) is 20.7. The molecule has 0 radical (unpaired) electrons. The highest BCUT2D eigenvalue weighted by molar-refractivity contribution is 7.92. The van der Waals surface area contributed by atoms with Crippen molar-refractivity contribution in [1.29, 1.82) is 0 Å². The number of benzene rings is 3. The molecule has 0 atom stereocenters. The summed E-state index contributed by atoms with van der Waals surface area (Å²) < 4.78 is 55.2. The zero-order chi connectivity index (χ0) is 26.4. The van der Waals surface area contributed by atoms with Crippen molar-refractivity contribution in [2.75, 3.05) is 38.5 Å². The lowest BCUT2D eigenvalue weighted by Gasteiger charge is -2.25. The predicted octanol–water partition coefficient (Wildman–Crippen LogP) is 3.34. The molecule has 1 aliphatic rings. The van der Waals surface area contributed by atoms with Gasteiger partial charge in [-0.3, -0.25) is 9.10 Å². The fourth-order valence-electron chi connectivity index (χ4n) is 3.73. The molecule has 1 aliphatic heterocycles. The molecule has 11 heteroatoms. The smallest absolute Gasteiger partial charge is 0.264 e. The number of nitrogens with one attached hydrogen (secondary N) is 1. The molecule has 3 aromatic rings. The van der Waals surface area contributed by atoms with E-state index in [1.165, 1.54) is 32.4 Å². The Morgan fingerprint density at radius 3 is 2.38 bits per heavy atom. The van der Waals surface area contributed by atoms with Crippen LogP contribution in [0.3, 0.4) is 0 Å². The van der Waals surface area contributed by atoms with Crippen molar-refractivity contribution in [2.45, 2.75) is 18.4 Å². The molecule has 10 nitrogen and oxygen atoms in total. The summed E-state index contributed by atoms with van der Waals surface area (Å²) in [5.41, 5.74) is 1.09. The fourth-order valence-corrected chi connectivity index (χ4v) is 5.17. The van der Waals surface area contributed by atoms with Gasteiger partial charge in [0.25, 0.3) is 10.0 Å². The molecule has 1 N–H and O–H groups in total. The quantitative estimate of drug-likeness (QED) is 0.403. The molecule has 4 rings (SSSR count). The first-order chi connectivity index (χ1) is 17.8. The van der Waals surface area contributed by atoms with Crippen LogP contribution in [0.1, 0.15) is 12.5 Å². The number of fused-ring (bicyclic) bond motifs is 1. The Balaban J connectivity index is 1.59. The number of sulfonamides is 1. The fraction of sp³-hybridized carbons (Fsp3) is 0.269. The van der Waals surface area contributed by atoms with Crippen molar-refractivity contribution < 1.29 is 36.9 Å². The minimum atomic E-state index is -4.16. The van der Waals surface area contributed by atoms with Crippen LogP contribution in [0.5, 0.6) is 28.7 Å². The van der Waals surface area contributed by atoms with Gasteiger partial charge < -0.3 is 29.0 Å². The van der Waals surface area contributed by atoms with Gasteiger partial charge in [-0.15, -0.1) is 0 Å². The van der Waals surface area contributed by atoms with E-state index >= 15 is 0 Å². The van der Waals surface area contributed by atoms with E-state index in [9.17, 15) is 13.2 Å². The maximum atomic E-state index is 13.7. The highest BCUT2D eigenvalue weighted by atomic mass is 32.2. The minimum absolute atomic E-state index is 0.0531. The lowest BCUT2D eigenvalue weighted by molar-refractivity contribution is -0.119. The van der Waals surface area contributed by atoms with Gasteiger partial charge in [0.15, 0.2) is 23.0 Å². The number of carbonyl (C=O) groups excluding carboxylic acids is 1. The number of rotatable bonds is 11. The molecule has 3 aromatic carbocycles. The van der Waals surface area contributed by atoms with E-state index in [-0.39, 0.29) is 24.0 Å². The molecule has 0 bridgehead atoms. The van der Waals surface area contributed by atoms with E-state index in [0.29, 0.717) is 35.3 Å². The molecular formula is C26H28N2O8S. The predicted molar refractivity (Wildman–Crippen MR) is 136 cm³/mol. The third-order valence-electron chi connectivity index (χ3n) is 5.59. The number of methoxy groups -OCH3 is 2. The van der Waals surface area contributed by atoms with Crippen molar-refractivity contribution in [2.24, 2.45) is 0 Å². The summed E-state index contributed by atoms with van der Waals surface area (Å²) in [6.07, 6.45) is 0. The van der Waals surface area contributed by atoms with Gasteiger partial charge in [-0.05, 0) is 61.0 Å². The molecule has 0 saturated carbocycles. The first-order valence-electron chi connectivity index (χ1n) is 11.5. The van der Waals surface area contributed by atoms with Gasteiger partial charge in [-0.1, -0.05) is 6.07 Å². The molecule has 0 unspecified atom stereocenters. The maximum absolute atomic E-state index is 13.7. The second-order valence-electron chi connectivity index (χ2n) is 7.92. The summed E-state index contributed by atoms with van der Waals surface area (Å²) in [4.78, 5) is 12.9. The van der Waals surface area contributed by atoms with E-state index in [1.54, 1.807) is 42.5 Å². The summed E-state index contributed by atoms with van der Waals surface area (Å²) in [6, 6.07) is 16.1. The van der Waals surface area contributed by atoms with Gasteiger partial charge in [0.1, 0.15) is 12.3 Å². The molecule has 37 heavy (non-hydrogen) atoms. The van der Waals surface area contributed by atoms with Crippen LogP contribution in [0.4, 0.5) is 5.69 Å². The van der Waals surface area contributed by atoms with E-state index in [4.69, 9.17) is 23.7 Å². The van der Waals surface area contributed by atoms with Crippen molar-refractivity contribution in [3.63, 3.8) is 0 Å². The topological polar surface area (TPSA) is 113 Å². The van der Waals surface area contributed by atoms with E-state index < -0.39 is 22.5 Å². The van der Waals surface area contributed by atoms with E-state index in [1.807, 2.05) is 6.92 Å². The Morgan fingerprint density at radius 1 is 0.946 bits per heavy atom. The van der Waals surface area contributed by atoms with Crippen LogP contribution in [0.15, 0.2) is 65.6 Å². The van der Waals surface area contributed by atoms with Crippen LogP contribution < -0.4 is 33.3 Å². The van der Waals surface area contributed by atoms with Crippen LogP contribution >= 0.6 is 0 Å². The van der Waals surface area contributed by atoms with Crippen LogP contribution in [-0.4, -0.2) is 48.5 Å². The molecule has 1 amide bonds. The van der Waals surface area contributed by atoms with E-state index in [0.717, 1.165) is 9.87 Å². The second kappa shape index (κ2) is 11.3. The zero-order valence-corrected chi connectivity index (χ0v) is 21.5. The lowest BCUT2D eigenvalue weighted by Crippen LogP contribution is -2.40. The number of ether oxygens (including phenoxy) is 5. The van der Waals surface area contributed by atoms with Gasteiger partial charge in [-0.2, -0.15) is 0 Å². The summed E-state index contributed by atoms with van der Waals surface area (Å²) in [6.45, 7) is 2.20. The summed E-state index contributed by atoms with van der Waals surface area (Å²) >= 11 is 0. The number of amides is 1. The van der Waals surface area contributed by atoms with Crippen LogP contribution in [0, 0.1) is 0 Å². The van der Waals surface area contributed by atoms with Crippen LogP contribution in [0.2, 0.25) is 0 Å². The van der Waals surface area contributed by atoms with Gasteiger partial charge in [0, 0.05) is 12.6 Å². The number of nitrogens with zero attached hydrogens (tertiary/aromatic N) is 1. The van der Waals surface area contributed by atoms with Gasteiger partial charge in [0.2, 0.25) is 12.7 Å². The van der Waals surface area contributed by atoms with Crippen molar-refractivity contribution >= 4 is 21.6 Å². The maximum Gasteiger partial charge on any atom is 0.264 e. The molecule has 0 aliphatic carbocycles. The first-order valence-corrected chi connectivity index (χ1v) is 12.9. The van der Waals surface area contributed by atoms with Gasteiger partial charge >= 0.3 is 0 Å². The van der Waals surface area contributed by atoms with Crippen molar-refractivity contribution in [1.82, 2.24) is 5.32 Å². The molecule has 0 spiro atoms. The standard InChI is InChI=1S/C26H28N2O8S/c1-4-34-20-8-6-19(7-9-20)28(37(30,31)21-10-12-22(32-2)24(14-21)33-3)16-26(29)27-15-18-5-11-23-25(13-18)36-17-35-23/h5-14H,4,15-17H2,1-3H3,(H,27,29). The molecule has 0 fully saturated rings. The Bertz CT molecular complexity index is 1360. The Hall–Kier alpha value is -4.12. The highest BCUT2D eigenvalue weighted by Crippen LogP contribution is 2.33. The lowest BCUT2D eigenvalue weighted by atomic mass is 10.2. The number of hydrogen-bond acceptors (Lipinski definition) is 8. The van der Waals surface area contributed by atoms with Gasteiger partial charge in [-0.25, -0.2) is 8.42 Å². The molecule has 0 aromatic heterocycles. The van der Waals surface area contributed by atoms with Crippen molar-refractivity contribution in [3.8, 4) is 28.7 Å². The van der Waals surface area contributed by atoms with Crippen LogP contribution in [0.25, 0.3) is 0 Å². The average molecular weight is 529 g/mol. The third-order valence-corrected chi connectivity index (χ3v) is 7.36. The average Bonchev–Trinajstić information content (AvgIpc) is 3.39. The summed E-state index contributed by atoms with van der Waals surface area (Å²) in [7, 11) is -1.28. The Morgan fingerprint density at radius 2 is 1.68 bits per heavy atom. The molecular weight excluding hydrogens is 500 g/mol. The first kappa shape index (κ1) is 26.0. The summed E-state index contributed by atoms with van der Waals surface area (Å²) in [5.74, 6) is 1.96. The number of anilines is 1. The third kappa shape index (κ3) is 5.83. The number of hydrogen-bond donors (Lipinski definition) is 1. The second-order valence-corrected chi connectivity index (χ2v) is 9.78. The normalized spacial score (nSPS) is 12.1. The molecule has 1 heterocycles. The Labute approximate surface area is 215 Å². The van der Waals surface area contributed by atoms with Crippen LogP contribution in [-0.2, 0) is 21.4 Å². The summed E-state index contributed by atoms with van der Waals surface area (Å²) in [5, 5.41) is 2.78. The Kier molecular flexibility index (Phi) is 7.92. The monoisotopic (exact) mass is 528 g/mol. The SMILES string of the molecule is CCOc1ccc(N(CC(=O)NCc2ccc3c(c2)OCO3)S(=O)(=O)c2ccc(OC)c(OC)c2)cc1. The van der Waals surface area contributed by atoms with Crippen molar-refractivity contribution in [3.05, 3.63) is 66.2 Å². The van der Waals surface area contributed by atoms with E-state index in [2.05, 4.69) is 5.32 Å². The highest BCUT2D eigenvalue weighted by Gasteiger charge is 2.28. The minimum Gasteiger partial charge on any atom is -0.494 e. The largest absolute Gasteiger partial charge is 0.494 e.